The van der Waals surface area contributed by atoms with Crippen LogP contribution >= 0.6 is 0 Å². The van der Waals surface area contributed by atoms with E-state index in [1.165, 1.54) is 14.0 Å². The summed E-state index contributed by atoms with van der Waals surface area (Å²) in [5.41, 5.74) is -4.35. The molecule has 1 aliphatic carbocycles. The Hall–Kier alpha value is -3.81. The molecule has 47 heavy (non-hydrogen) atoms. The van der Waals surface area contributed by atoms with Gasteiger partial charge < -0.3 is 20.1 Å². The van der Waals surface area contributed by atoms with Crippen LogP contribution in [0.3, 0.4) is 0 Å². The summed E-state index contributed by atoms with van der Waals surface area (Å²) in [5.74, 6) is -2.55. The van der Waals surface area contributed by atoms with E-state index in [0.717, 1.165) is 5.56 Å². The highest BCUT2D eigenvalue weighted by atomic mass is 19.4. The Morgan fingerprint density at radius 3 is 1.98 bits per heavy atom. The standard InChI is InChI=1S/C33H41F6N3O5/c1-21(22-17-24(32(34,35)36)19-25(18-22)33(37,38)39)28(44)41-31(23-9-7-6-8-10-23)13-11-26(12-14-31)42(20-27(43)46-5)16-15-40-29(45)47-30(2,3)4/h6-10,17-19,21,26H,11-16,20H2,1-5H3,(H,40,45)(H,41,44)/t21?,26-,31+. The fourth-order valence-electron chi connectivity index (χ4n) is 5.66. The Kier molecular flexibility index (Phi) is 12.0. The van der Waals surface area contributed by atoms with Crippen LogP contribution in [0.15, 0.2) is 48.5 Å². The molecular formula is C33H41F6N3O5. The summed E-state index contributed by atoms with van der Waals surface area (Å²) < 4.78 is 91.2. The predicted molar refractivity (Wildman–Crippen MR) is 161 cm³/mol. The van der Waals surface area contributed by atoms with Crippen LogP contribution in [0.4, 0.5) is 31.1 Å². The first kappa shape index (κ1) is 37.6. The number of ether oxygens (including phenoxy) is 2. The van der Waals surface area contributed by atoms with Crippen LogP contribution in [-0.2, 0) is 37.0 Å². The van der Waals surface area contributed by atoms with E-state index in [1.54, 1.807) is 51.1 Å². The highest BCUT2D eigenvalue weighted by Crippen LogP contribution is 2.41. The Bertz CT molecular complexity index is 1350. The van der Waals surface area contributed by atoms with Gasteiger partial charge in [0.25, 0.3) is 0 Å². The number of benzene rings is 2. The van der Waals surface area contributed by atoms with E-state index in [-0.39, 0.29) is 31.7 Å². The number of hydrogen-bond donors (Lipinski definition) is 2. The SMILES string of the molecule is COC(=O)CN(CCNC(=O)OC(C)(C)C)[C@H]1CC[C@](NC(=O)C(C)c2cc(C(F)(F)F)cc(C(F)(F)F)c2)(c2ccccc2)CC1. The Balaban J connectivity index is 1.83. The van der Waals surface area contributed by atoms with Crippen molar-refractivity contribution in [1.29, 1.82) is 0 Å². The first-order valence-corrected chi connectivity index (χ1v) is 15.2. The van der Waals surface area contributed by atoms with Crippen molar-refractivity contribution in [3.05, 3.63) is 70.8 Å². The molecule has 1 aliphatic rings. The summed E-state index contributed by atoms with van der Waals surface area (Å²) >= 11 is 0. The number of alkyl carbamates (subject to hydrolysis) is 1. The second-order valence-corrected chi connectivity index (χ2v) is 12.7. The van der Waals surface area contributed by atoms with E-state index >= 15 is 0 Å². The third-order valence-corrected chi connectivity index (χ3v) is 8.14. The van der Waals surface area contributed by atoms with Gasteiger partial charge in [0.2, 0.25) is 5.91 Å². The molecule has 1 atom stereocenters. The van der Waals surface area contributed by atoms with E-state index in [9.17, 15) is 40.7 Å². The quantitative estimate of drug-likeness (QED) is 0.213. The van der Waals surface area contributed by atoms with Gasteiger partial charge >= 0.3 is 24.4 Å². The van der Waals surface area contributed by atoms with Crippen molar-refractivity contribution in [2.24, 2.45) is 0 Å². The molecule has 0 bridgehead atoms. The van der Waals surface area contributed by atoms with Crippen molar-refractivity contribution in [2.75, 3.05) is 26.7 Å². The third-order valence-electron chi connectivity index (χ3n) is 8.14. The van der Waals surface area contributed by atoms with Crippen LogP contribution in [0.2, 0.25) is 0 Å². The number of hydrogen-bond acceptors (Lipinski definition) is 6. The second kappa shape index (κ2) is 15.0. The van der Waals surface area contributed by atoms with Crippen LogP contribution in [0.5, 0.6) is 0 Å². The molecule has 1 saturated carbocycles. The summed E-state index contributed by atoms with van der Waals surface area (Å²) in [6.07, 6.45) is -9.06. The number of esters is 1. The van der Waals surface area contributed by atoms with Crippen molar-refractivity contribution in [2.45, 2.75) is 88.8 Å². The lowest BCUT2D eigenvalue weighted by Crippen LogP contribution is -2.53. The van der Waals surface area contributed by atoms with Gasteiger partial charge in [0.15, 0.2) is 0 Å². The summed E-state index contributed by atoms with van der Waals surface area (Å²) in [5, 5.41) is 5.64. The van der Waals surface area contributed by atoms with Crippen LogP contribution in [0.25, 0.3) is 0 Å². The van der Waals surface area contributed by atoms with Gasteiger partial charge in [-0.15, -0.1) is 0 Å². The Morgan fingerprint density at radius 1 is 0.936 bits per heavy atom. The van der Waals surface area contributed by atoms with Gasteiger partial charge in [0.1, 0.15) is 5.60 Å². The molecule has 0 aromatic heterocycles. The molecule has 2 amide bonds. The minimum absolute atomic E-state index is 0.0317. The monoisotopic (exact) mass is 673 g/mol. The topological polar surface area (TPSA) is 97.0 Å². The number of alkyl halides is 6. The molecular weight excluding hydrogens is 632 g/mol. The van der Waals surface area contributed by atoms with Gasteiger partial charge in [-0.25, -0.2) is 4.79 Å². The van der Waals surface area contributed by atoms with Crippen molar-refractivity contribution >= 4 is 18.0 Å². The van der Waals surface area contributed by atoms with Crippen molar-refractivity contribution in [3.8, 4) is 0 Å². The maximum Gasteiger partial charge on any atom is 0.416 e. The summed E-state index contributed by atoms with van der Waals surface area (Å²) in [6, 6.07) is 9.93. The average molecular weight is 674 g/mol. The normalized spacial score (nSPS) is 19.5. The first-order chi connectivity index (χ1) is 21.7. The number of nitrogens with zero attached hydrogens (tertiary/aromatic N) is 1. The molecule has 8 nitrogen and oxygen atoms in total. The zero-order valence-corrected chi connectivity index (χ0v) is 27.0. The molecule has 14 heteroatoms. The lowest BCUT2D eigenvalue weighted by atomic mass is 9.74. The molecule has 2 N–H and O–H groups in total. The number of rotatable bonds is 10. The maximum atomic E-state index is 13.6. The van der Waals surface area contributed by atoms with Gasteiger partial charge in [-0.3, -0.25) is 14.5 Å². The summed E-state index contributed by atoms with van der Waals surface area (Å²) in [4.78, 5) is 39.9. The molecule has 0 saturated heterocycles. The van der Waals surface area contributed by atoms with Gasteiger partial charge in [-0.1, -0.05) is 30.3 Å². The fraction of sp³-hybridized carbons (Fsp3) is 0.545. The molecule has 0 heterocycles. The van der Waals surface area contributed by atoms with Crippen molar-refractivity contribution in [1.82, 2.24) is 15.5 Å². The summed E-state index contributed by atoms with van der Waals surface area (Å²) in [6.45, 7) is 6.87. The molecule has 0 spiro atoms. The van der Waals surface area contributed by atoms with E-state index in [4.69, 9.17) is 9.47 Å². The van der Waals surface area contributed by atoms with E-state index in [0.29, 0.717) is 37.8 Å². The molecule has 260 valence electrons. The molecule has 2 aromatic carbocycles. The second-order valence-electron chi connectivity index (χ2n) is 12.7. The molecule has 1 fully saturated rings. The van der Waals surface area contributed by atoms with Gasteiger partial charge in [-0.2, -0.15) is 26.3 Å². The lowest BCUT2D eigenvalue weighted by molar-refractivity contribution is -0.144. The van der Waals surface area contributed by atoms with Crippen LogP contribution in [0, 0.1) is 0 Å². The van der Waals surface area contributed by atoms with Gasteiger partial charge in [0, 0.05) is 19.1 Å². The molecule has 0 aliphatic heterocycles. The zero-order chi connectivity index (χ0) is 35.2. The number of halogens is 6. The highest BCUT2D eigenvalue weighted by Gasteiger charge is 2.42. The maximum absolute atomic E-state index is 13.6. The number of amides is 2. The predicted octanol–water partition coefficient (Wildman–Crippen LogP) is 6.78. The molecule has 1 unspecified atom stereocenters. The van der Waals surface area contributed by atoms with E-state index in [2.05, 4.69) is 10.6 Å². The average Bonchev–Trinajstić information content (AvgIpc) is 2.99. The highest BCUT2D eigenvalue weighted by molar-refractivity contribution is 5.84. The van der Waals surface area contributed by atoms with Gasteiger partial charge in [-0.05, 0) is 82.7 Å². The number of carbonyl (C=O) groups excluding carboxylic acids is 3. The zero-order valence-electron chi connectivity index (χ0n) is 27.0. The lowest BCUT2D eigenvalue weighted by Gasteiger charge is -2.44. The minimum atomic E-state index is -5.05. The number of methoxy groups -OCH3 is 1. The van der Waals surface area contributed by atoms with E-state index < -0.39 is 64.1 Å². The first-order valence-electron chi connectivity index (χ1n) is 15.2. The number of nitrogens with one attached hydrogen (secondary N) is 2. The van der Waals surface area contributed by atoms with Crippen LogP contribution < -0.4 is 10.6 Å². The Labute approximate surface area is 270 Å². The largest absolute Gasteiger partial charge is 0.468 e. The third kappa shape index (κ3) is 10.6. The molecule has 3 rings (SSSR count). The van der Waals surface area contributed by atoms with Crippen LogP contribution in [0.1, 0.15) is 81.5 Å². The smallest absolute Gasteiger partial charge is 0.416 e. The number of carbonyl (C=O) groups is 3. The van der Waals surface area contributed by atoms with Crippen LogP contribution in [-0.4, -0.2) is 61.3 Å². The van der Waals surface area contributed by atoms with Crippen molar-refractivity contribution in [3.63, 3.8) is 0 Å². The fourth-order valence-corrected chi connectivity index (χ4v) is 5.66. The van der Waals surface area contributed by atoms with Gasteiger partial charge in [0.05, 0.1) is 36.2 Å². The molecule has 2 aromatic rings. The van der Waals surface area contributed by atoms with E-state index in [1.807, 2.05) is 4.90 Å². The Morgan fingerprint density at radius 2 is 1.49 bits per heavy atom. The summed E-state index contributed by atoms with van der Waals surface area (Å²) in [7, 11) is 1.26. The minimum Gasteiger partial charge on any atom is -0.468 e. The van der Waals surface area contributed by atoms with Crippen molar-refractivity contribution < 1.29 is 50.2 Å². The molecule has 0 radical (unpaired) electrons.